The van der Waals surface area contributed by atoms with Crippen molar-refractivity contribution < 1.29 is 9.53 Å². The van der Waals surface area contributed by atoms with Crippen molar-refractivity contribution in [1.29, 1.82) is 0 Å². The van der Waals surface area contributed by atoms with Crippen LogP contribution in [-0.4, -0.2) is 37.1 Å². The van der Waals surface area contributed by atoms with E-state index in [1.165, 1.54) is 4.88 Å². The van der Waals surface area contributed by atoms with Crippen LogP contribution in [-0.2, 0) is 11.3 Å². The molecule has 3 rings (SSSR count). The smallest absolute Gasteiger partial charge is 0.228 e. The van der Waals surface area contributed by atoms with E-state index >= 15 is 0 Å². The van der Waals surface area contributed by atoms with Gasteiger partial charge in [-0.3, -0.25) is 4.79 Å². The Morgan fingerprint density at radius 3 is 2.72 bits per heavy atom. The molecule has 136 valence electrons. The molecule has 0 aliphatic carbocycles. The van der Waals surface area contributed by atoms with E-state index in [1.807, 2.05) is 52.4 Å². The van der Waals surface area contributed by atoms with Crippen molar-refractivity contribution in [2.75, 3.05) is 30.1 Å². The van der Waals surface area contributed by atoms with Gasteiger partial charge in [-0.05, 0) is 35.7 Å². The first-order valence-electron chi connectivity index (χ1n) is 8.04. The molecule has 1 aromatic carbocycles. The van der Waals surface area contributed by atoms with Gasteiger partial charge in [-0.2, -0.15) is 11.8 Å². The van der Waals surface area contributed by atoms with Gasteiger partial charge in [0.25, 0.3) is 0 Å². The third-order valence-corrected chi connectivity index (χ3v) is 5.99. The molecule has 1 aliphatic heterocycles. The van der Waals surface area contributed by atoms with Crippen molar-refractivity contribution in [1.82, 2.24) is 5.32 Å². The summed E-state index contributed by atoms with van der Waals surface area (Å²) in [4.78, 5) is 16.0. The van der Waals surface area contributed by atoms with Gasteiger partial charge < -0.3 is 15.0 Å². The molecule has 0 bridgehead atoms. The Bertz CT molecular complexity index is 644. The molecule has 7 heteroatoms. The van der Waals surface area contributed by atoms with E-state index < -0.39 is 0 Å². The van der Waals surface area contributed by atoms with Crippen LogP contribution in [0.25, 0.3) is 0 Å². The van der Waals surface area contributed by atoms with E-state index in [0.717, 1.165) is 29.5 Å². The highest BCUT2D eigenvalue weighted by Crippen LogP contribution is 2.24. The summed E-state index contributed by atoms with van der Waals surface area (Å²) in [6.07, 6.45) is 0.532. The third-order valence-electron chi connectivity index (χ3n) is 4.00. The van der Waals surface area contributed by atoms with Gasteiger partial charge in [0.2, 0.25) is 5.91 Å². The fourth-order valence-corrected chi connectivity index (χ4v) is 4.36. The Labute approximate surface area is 163 Å². The van der Waals surface area contributed by atoms with E-state index in [9.17, 15) is 4.79 Å². The summed E-state index contributed by atoms with van der Waals surface area (Å²) in [5, 5.41) is 5.49. The van der Waals surface area contributed by atoms with Gasteiger partial charge in [-0.15, -0.1) is 23.7 Å². The summed E-state index contributed by atoms with van der Waals surface area (Å²) < 4.78 is 5.22. The maximum absolute atomic E-state index is 12.9. The average Bonchev–Trinajstić information content (AvgIpc) is 3.14. The number of benzene rings is 1. The zero-order valence-corrected chi connectivity index (χ0v) is 16.6. The highest BCUT2D eigenvalue weighted by Gasteiger charge is 2.22. The molecule has 1 aliphatic rings. The predicted molar refractivity (Wildman–Crippen MR) is 109 cm³/mol. The zero-order chi connectivity index (χ0) is 16.8. The van der Waals surface area contributed by atoms with Gasteiger partial charge in [-0.25, -0.2) is 0 Å². The molecule has 1 aromatic heterocycles. The number of halogens is 1. The number of anilines is 1. The fraction of sp³-hybridized carbons (Fsp3) is 0.389. The van der Waals surface area contributed by atoms with E-state index in [4.69, 9.17) is 4.74 Å². The van der Waals surface area contributed by atoms with Crippen LogP contribution in [0.1, 0.15) is 11.3 Å². The number of thioether (sulfide) groups is 1. The molecule has 1 unspecified atom stereocenters. The number of amides is 1. The average molecular weight is 399 g/mol. The summed E-state index contributed by atoms with van der Waals surface area (Å²) >= 11 is 3.59. The number of nitrogens with one attached hydrogen (secondary N) is 1. The molecule has 25 heavy (non-hydrogen) atoms. The number of rotatable bonds is 6. The zero-order valence-electron chi connectivity index (χ0n) is 14.1. The summed E-state index contributed by atoms with van der Waals surface area (Å²) in [5.74, 6) is 3.09. The topological polar surface area (TPSA) is 41.6 Å². The molecule has 4 nitrogen and oxygen atoms in total. The van der Waals surface area contributed by atoms with Gasteiger partial charge in [0, 0.05) is 41.1 Å². The number of thiophene rings is 1. The molecule has 2 aromatic rings. The Kier molecular flexibility index (Phi) is 8.09. The lowest BCUT2D eigenvalue weighted by Gasteiger charge is -2.27. The number of hydrogen-bond donors (Lipinski definition) is 1. The highest BCUT2D eigenvalue weighted by molar-refractivity contribution is 7.99. The van der Waals surface area contributed by atoms with Crippen molar-refractivity contribution in [3.05, 3.63) is 46.7 Å². The van der Waals surface area contributed by atoms with E-state index in [-0.39, 0.29) is 24.4 Å². The molecule has 0 saturated carbocycles. The molecule has 2 heterocycles. The van der Waals surface area contributed by atoms with E-state index in [2.05, 4.69) is 11.4 Å². The van der Waals surface area contributed by atoms with Gasteiger partial charge in [0.1, 0.15) is 5.75 Å². The SMILES string of the molecule is COc1ccc(N(Cc2cccs2)C(=O)CC2CSCCN2)cc1.Cl. The van der Waals surface area contributed by atoms with Crippen molar-refractivity contribution in [2.24, 2.45) is 0 Å². The first kappa shape index (κ1) is 20.1. The van der Waals surface area contributed by atoms with Crippen LogP contribution in [0.4, 0.5) is 5.69 Å². The second kappa shape index (κ2) is 10.1. The number of hydrogen-bond acceptors (Lipinski definition) is 5. The lowest BCUT2D eigenvalue weighted by molar-refractivity contribution is -0.119. The van der Waals surface area contributed by atoms with Gasteiger partial charge in [0.05, 0.1) is 13.7 Å². The quantitative estimate of drug-likeness (QED) is 0.803. The Morgan fingerprint density at radius 1 is 1.32 bits per heavy atom. The molecule has 1 amide bonds. The van der Waals surface area contributed by atoms with Gasteiger partial charge in [-0.1, -0.05) is 6.07 Å². The normalized spacial score (nSPS) is 16.8. The minimum atomic E-state index is 0. The van der Waals surface area contributed by atoms with Crippen molar-refractivity contribution in [3.8, 4) is 5.75 Å². The highest BCUT2D eigenvalue weighted by atomic mass is 35.5. The lowest BCUT2D eigenvalue weighted by Crippen LogP contribution is -2.42. The number of nitrogens with zero attached hydrogens (tertiary/aromatic N) is 1. The number of carbonyl (C=O) groups excluding carboxylic acids is 1. The fourth-order valence-electron chi connectivity index (χ4n) is 2.72. The Morgan fingerprint density at radius 2 is 2.12 bits per heavy atom. The van der Waals surface area contributed by atoms with Crippen molar-refractivity contribution in [3.63, 3.8) is 0 Å². The van der Waals surface area contributed by atoms with Crippen LogP contribution >= 0.6 is 35.5 Å². The third kappa shape index (κ3) is 5.64. The second-order valence-corrected chi connectivity index (χ2v) is 7.87. The van der Waals surface area contributed by atoms with Crippen LogP contribution in [0, 0.1) is 0 Å². The summed E-state index contributed by atoms with van der Waals surface area (Å²) in [5.41, 5.74) is 0.915. The van der Waals surface area contributed by atoms with Crippen LogP contribution in [0.2, 0.25) is 0 Å². The minimum absolute atomic E-state index is 0. The monoisotopic (exact) mass is 398 g/mol. The summed E-state index contributed by atoms with van der Waals surface area (Å²) in [6.45, 7) is 1.60. The van der Waals surface area contributed by atoms with Crippen LogP contribution in [0.5, 0.6) is 5.75 Å². The van der Waals surface area contributed by atoms with Crippen molar-refractivity contribution >= 4 is 47.1 Å². The number of methoxy groups -OCH3 is 1. The maximum Gasteiger partial charge on any atom is 0.228 e. The molecular weight excluding hydrogens is 376 g/mol. The van der Waals surface area contributed by atoms with Gasteiger partial charge in [0.15, 0.2) is 0 Å². The molecule has 0 spiro atoms. The van der Waals surface area contributed by atoms with E-state index in [0.29, 0.717) is 13.0 Å². The Hall–Kier alpha value is -1.21. The second-order valence-electron chi connectivity index (χ2n) is 5.69. The first-order valence-corrected chi connectivity index (χ1v) is 10.1. The summed E-state index contributed by atoms with van der Waals surface area (Å²) in [6, 6.07) is 12.1. The number of carbonyl (C=O) groups is 1. The molecule has 0 radical (unpaired) electrons. The first-order chi connectivity index (χ1) is 11.8. The molecule has 1 fully saturated rings. The Balaban J connectivity index is 0.00000225. The van der Waals surface area contributed by atoms with E-state index in [1.54, 1.807) is 18.4 Å². The minimum Gasteiger partial charge on any atom is -0.497 e. The van der Waals surface area contributed by atoms with Gasteiger partial charge >= 0.3 is 0 Å². The van der Waals surface area contributed by atoms with Crippen molar-refractivity contribution in [2.45, 2.75) is 19.0 Å². The molecular formula is C18H23ClN2O2S2. The molecule has 1 saturated heterocycles. The molecule has 1 atom stereocenters. The largest absolute Gasteiger partial charge is 0.497 e. The molecule has 1 N–H and O–H groups in total. The maximum atomic E-state index is 12.9. The standard InChI is InChI=1S/C18H22N2O2S2.ClH/c1-22-16-6-4-15(5-7-16)20(12-17-3-2-9-24-17)18(21)11-14-13-23-10-8-19-14;/h2-7,9,14,19H,8,10-13H2,1H3;1H. The number of ether oxygens (including phenoxy) is 1. The van der Waals surface area contributed by atoms with Crippen LogP contribution in [0.15, 0.2) is 41.8 Å². The lowest BCUT2D eigenvalue weighted by atomic mass is 10.2. The summed E-state index contributed by atoms with van der Waals surface area (Å²) in [7, 11) is 1.65. The van der Waals surface area contributed by atoms with Crippen LogP contribution < -0.4 is 15.0 Å². The predicted octanol–water partition coefficient (Wildman–Crippen LogP) is 3.81. The van der Waals surface area contributed by atoms with Crippen LogP contribution in [0.3, 0.4) is 0 Å².